The summed E-state index contributed by atoms with van der Waals surface area (Å²) in [7, 11) is 1.82. The van der Waals surface area contributed by atoms with E-state index in [0.717, 1.165) is 15.7 Å². The van der Waals surface area contributed by atoms with E-state index in [4.69, 9.17) is 0 Å². The molecule has 104 valence electrons. The van der Waals surface area contributed by atoms with E-state index in [1.165, 1.54) is 0 Å². The Labute approximate surface area is 127 Å². The fourth-order valence-corrected chi connectivity index (χ4v) is 2.31. The largest absolute Gasteiger partial charge is 0.376 e. The first-order valence-corrected chi connectivity index (χ1v) is 7.22. The number of benzene rings is 2. The minimum absolute atomic E-state index is 0.0637. The highest BCUT2D eigenvalue weighted by atomic mass is 79.9. The molecule has 0 atom stereocenters. The number of carbonyl (C=O) groups excluding carboxylic acids is 1. The Balaban J connectivity index is 1.86. The number of amides is 1. The predicted octanol–water partition coefficient (Wildman–Crippen LogP) is 3.52. The Kier molecular flexibility index (Phi) is 5.18. The van der Waals surface area contributed by atoms with Crippen LogP contribution in [-0.4, -0.2) is 24.4 Å². The summed E-state index contributed by atoms with van der Waals surface area (Å²) in [5.74, 6) is 0.0637. The molecule has 0 saturated carbocycles. The first-order valence-electron chi connectivity index (χ1n) is 6.42. The second-order valence-electron chi connectivity index (χ2n) is 4.60. The number of para-hydroxylation sites is 1. The molecule has 0 saturated heterocycles. The first kappa shape index (κ1) is 14.6. The molecule has 0 aliphatic carbocycles. The maximum atomic E-state index is 12.1. The average molecular weight is 333 g/mol. The Hall–Kier alpha value is -1.81. The SMILES string of the molecule is CN(Cc1cccc(Br)c1)C(=O)CNc1ccccc1. The fraction of sp³-hybridized carbons (Fsp3) is 0.188. The van der Waals surface area contributed by atoms with Crippen LogP contribution in [0.25, 0.3) is 0 Å². The summed E-state index contributed by atoms with van der Waals surface area (Å²) >= 11 is 3.43. The second-order valence-corrected chi connectivity index (χ2v) is 5.51. The number of rotatable bonds is 5. The fourth-order valence-electron chi connectivity index (χ4n) is 1.87. The highest BCUT2D eigenvalue weighted by molar-refractivity contribution is 9.10. The molecule has 2 aromatic carbocycles. The van der Waals surface area contributed by atoms with Crippen molar-refractivity contribution in [2.45, 2.75) is 6.54 Å². The van der Waals surface area contributed by atoms with E-state index < -0.39 is 0 Å². The summed E-state index contributed by atoms with van der Waals surface area (Å²) < 4.78 is 1.03. The van der Waals surface area contributed by atoms with Gasteiger partial charge in [-0.1, -0.05) is 46.3 Å². The summed E-state index contributed by atoms with van der Waals surface area (Å²) in [6.45, 7) is 0.906. The number of nitrogens with zero attached hydrogens (tertiary/aromatic N) is 1. The maximum absolute atomic E-state index is 12.1. The van der Waals surface area contributed by atoms with Crippen molar-refractivity contribution in [3.05, 3.63) is 64.6 Å². The Morgan fingerprint density at radius 1 is 1.15 bits per heavy atom. The third kappa shape index (κ3) is 4.38. The molecule has 0 fully saturated rings. The van der Waals surface area contributed by atoms with Gasteiger partial charge in [0.25, 0.3) is 0 Å². The van der Waals surface area contributed by atoms with Crippen molar-refractivity contribution >= 4 is 27.5 Å². The Morgan fingerprint density at radius 3 is 2.60 bits per heavy atom. The van der Waals surface area contributed by atoms with Crippen molar-refractivity contribution in [1.82, 2.24) is 4.90 Å². The molecule has 1 amide bonds. The van der Waals surface area contributed by atoms with Crippen LogP contribution in [0, 0.1) is 0 Å². The second kappa shape index (κ2) is 7.10. The molecule has 0 spiro atoms. The van der Waals surface area contributed by atoms with Crippen LogP contribution in [0.5, 0.6) is 0 Å². The summed E-state index contributed by atoms with van der Waals surface area (Å²) in [6.07, 6.45) is 0. The van der Waals surface area contributed by atoms with Gasteiger partial charge < -0.3 is 10.2 Å². The van der Waals surface area contributed by atoms with Crippen LogP contribution < -0.4 is 5.32 Å². The van der Waals surface area contributed by atoms with Crippen molar-refractivity contribution < 1.29 is 4.79 Å². The van der Waals surface area contributed by atoms with E-state index in [9.17, 15) is 4.79 Å². The molecule has 0 unspecified atom stereocenters. The van der Waals surface area contributed by atoms with Crippen LogP contribution in [0.4, 0.5) is 5.69 Å². The summed E-state index contributed by atoms with van der Waals surface area (Å²) in [4.78, 5) is 13.8. The molecule has 0 bridgehead atoms. The number of hydrogen-bond acceptors (Lipinski definition) is 2. The molecule has 3 nitrogen and oxygen atoms in total. The van der Waals surface area contributed by atoms with Crippen LogP contribution in [0.1, 0.15) is 5.56 Å². The van der Waals surface area contributed by atoms with E-state index in [2.05, 4.69) is 21.2 Å². The maximum Gasteiger partial charge on any atom is 0.241 e. The van der Waals surface area contributed by atoms with Gasteiger partial charge in [0, 0.05) is 23.8 Å². The third-order valence-corrected chi connectivity index (χ3v) is 3.45. The minimum Gasteiger partial charge on any atom is -0.376 e. The summed E-state index contributed by atoms with van der Waals surface area (Å²) in [6, 6.07) is 17.7. The van der Waals surface area contributed by atoms with E-state index in [1.54, 1.807) is 4.90 Å². The molecule has 0 aliphatic rings. The lowest BCUT2D eigenvalue weighted by Crippen LogP contribution is -2.31. The van der Waals surface area contributed by atoms with Crippen LogP contribution >= 0.6 is 15.9 Å². The average Bonchev–Trinajstić information content (AvgIpc) is 2.46. The van der Waals surface area contributed by atoms with Crippen LogP contribution in [0.3, 0.4) is 0 Å². The summed E-state index contributed by atoms with van der Waals surface area (Å²) in [5, 5.41) is 3.12. The van der Waals surface area contributed by atoms with Crippen LogP contribution in [0.2, 0.25) is 0 Å². The van der Waals surface area contributed by atoms with Crippen molar-refractivity contribution in [3.8, 4) is 0 Å². The monoisotopic (exact) mass is 332 g/mol. The zero-order valence-corrected chi connectivity index (χ0v) is 12.9. The van der Waals surface area contributed by atoms with Gasteiger partial charge in [0.2, 0.25) is 5.91 Å². The number of likely N-dealkylation sites (N-methyl/N-ethyl adjacent to an activating group) is 1. The minimum atomic E-state index is 0.0637. The molecular weight excluding hydrogens is 316 g/mol. The van der Waals surface area contributed by atoms with Gasteiger partial charge in [-0.2, -0.15) is 0 Å². The molecule has 20 heavy (non-hydrogen) atoms. The molecule has 0 heterocycles. The molecule has 2 rings (SSSR count). The van der Waals surface area contributed by atoms with Crippen molar-refractivity contribution in [2.24, 2.45) is 0 Å². The van der Waals surface area contributed by atoms with E-state index in [1.807, 2.05) is 61.6 Å². The van der Waals surface area contributed by atoms with Gasteiger partial charge >= 0.3 is 0 Å². The molecule has 0 radical (unpaired) electrons. The lowest BCUT2D eigenvalue weighted by Gasteiger charge is -2.18. The summed E-state index contributed by atoms with van der Waals surface area (Å²) in [5.41, 5.74) is 2.06. The molecule has 0 aromatic heterocycles. The molecular formula is C16H17BrN2O. The van der Waals surface area contributed by atoms with Crippen molar-refractivity contribution in [3.63, 3.8) is 0 Å². The number of hydrogen-bond donors (Lipinski definition) is 1. The normalized spacial score (nSPS) is 10.1. The van der Waals surface area contributed by atoms with Gasteiger partial charge in [-0.15, -0.1) is 0 Å². The highest BCUT2D eigenvalue weighted by Crippen LogP contribution is 2.13. The van der Waals surface area contributed by atoms with Crippen molar-refractivity contribution in [1.29, 1.82) is 0 Å². The van der Waals surface area contributed by atoms with Gasteiger partial charge in [-0.05, 0) is 29.8 Å². The lowest BCUT2D eigenvalue weighted by atomic mass is 10.2. The molecule has 1 N–H and O–H groups in total. The smallest absolute Gasteiger partial charge is 0.241 e. The van der Waals surface area contributed by atoms with E-state index in [-0.39, 0.29) is 5.91 Å². The molecule has 2 aromatic rings. The zero-order chi connectivity index (χ0) is 14.4. The number of anilines is 1. The van der Waals surface area contributed by atoms with Gasteiger partial charge in [-0.25, -0.2) is 0 Å². The van der Waals surface area contributed by atoms with Gasteiger partial charge in [0.1, 0.15) is 0 Å². The van der Waals surface area contributed by atoms with Gasteiger partial charge in [0.05, 0.1) is 6.54 Å². The first-order chi connectivity index (χ1) is 9.65. The standard InChI is InChI=1S/C16H17BrN2O/c1-19(12-13-6-5-7-14(17)10-13)16(20)11-18-15-8-3-2-4-9-15/h2-10,18H,11-12H2,1H3. The van der Waals surface area contributed by atoms with E-state index in [0.29, 0.717) is 13.1 Å². The van der Waals surface area contributed by atoms with Crippen LogP contribution in [-0.2, 0) is 11.3 Å². The number of carbonyl (C=O) groups is 1. The van der Waals surface area contributed by atoms with Crippen molar-refractivity contribution in [2.75, 3.05) is 18.9 Å². The number of halogens is 1. The molecule has 0 aliphatic heterocycles. The van der Waals surface area contributed by atoms with Gasteiger partial charge in [0.15, 0.2) is 0 Å². The third-order valence-electron chi connectivity index (χ3n) is 2.95. The zero-order valence-electron chi connectivity index (χ0n) is 11.3. The van der Waals surface area contributed by atoms with Gasteiger partial charge in [-0.3, -0.25) is 4.79 Å². The van der Waals surface area contributed by atoms with Crippen LogP contribution in [0.15, 0.2) is 59.1 Å². The topological polar surface area (TPSA) is 32.3 Å². The lowest BCUT2D eigenvalue weighted by molar-refractivity contribution is -0.128. The Bertz CT molecular complexity index is 572. The predicted molar refractivity (Wildman–Crippen MR) is 85.5 cm³/mol. The van der Waals surface area contributed by atoms with E-state index >= 15 is 0 Å². The molecule has 4 heteroatoms. The Morgan fingerprint density at radius 2 is 1.90 bits per heavy atom. The highest BCUT2D eigenvalue weighted by Gasteiger charge is 2.09. The number of nitrogens with one attached hydrogen (secondary N) is 1. The quantitative estimate of drug-likeness (QED) is 0.908.